The third kappa shape index (κ3) is 3.52. The maximum atomic E-state index is 6.06. The standard InChI is InChI=1S/C14H26N4S/c1-4-5-17-10-16-7-14(17)13(6-15)18-8-11(2)19-12(3)9-18/h7,10-13H,4-6,8-9,15H2,1-3H3. The first-order chi connectivity index (χ1) is 9.15. The first-order valence-corrected chi connectivity index (χ1v) is 8.19. The second-order valence-electron chi connectivity index (χ2n) is 5.47. The first kappa shape index (κ1) is 14.9. The molecule has 2 rings (SSSR count). The van der Waals surface area contributed by atoms with E-state index in [-0.39, 0.29) is 0 Å². The number of nitrogens with two attached hydrogens (primary N) is 1. The zero-order chi connectivity index (χ0) is 13.8. The molecule has 1 aliphatic heterocycles. The van der Waals surface area contributed by atoms with Gasteiger partial charge in [-0.25, -0.2) is 4.98 Å². The Bertz CT molecular complexity index is 383. The van der Waals surface area contributed by atoms with Crippen molar-refractivity contribution in [2.75, 3.05) is 19.6 Å². The number of imidazole rings is 1. The van der Waals surface area contributed by atoms with E-state index in [0.29, 0.717) is 23.1 Å². The van der Waals surface area contributed by atoms with Crippen molar-refractivity contribution >= 4 is 11.8 Å². The molecule has 0 spiro atoms. The van der Waals surface area contributed by atoms with Crippen molar-refractivity contribution in [1.82, 2.24) is 14.5 Å². The summed E-state index contributed by atoms with van der Waals surface area (Å²) in [6, 6.07) is 0.305. The molecule has 0 saturated carbocycles. The first-order valence-electron chi connectivity index (χ1n) is 7.25. The van der Waals surface area contributed by atoms with Crippen molar-refractivity contribution < 1.29 is 0 Å². The van der Waals surface area contributed by atoms with Crippen molar-refractivity contribution in [3.05, 3.63) is 18.2 Å². The van der Waals surface area contributed by atoms with E-state index in [1.54, 1.807) is 0 Å². The van der Waals surface area contributed by atoms with Crippen molar-refractivity contribution in [3.63, 3.8) is 0 Å². The number of hydrogen-bond acceptors (Lipinski definition) is 4. The molecule has 0 bridgehead atoms. The largest absolute Gasteiger partial charge is 0.333 e. The van der Waals surface area contributed by atoms with Crippen molar-refractivity contribution in [3.8, 4) is 0 Å². The molecule has 108 valence electrons. The second-order valence-corrected chi connectivity index (χ2v) is 7.36. The Kier molecular flexibility index (Phi) is 5.30. The molecule has 1 fully saturated rings. The molecule has 5 heteroatoms. The Morgan fingerprint density at radius 1 is 1.42 bits per heavy atom. The van der Waals surface area contributed by atoms with Crippen LogP contribution in [0.15, 0.2) is 12.5 Å². The summed E-state index contributed by atoms with van der Waals surface area (Å²) in [5.74, 6) is 0. The van der Waals surface area contributed by atoms with Crippen molar-refractivity contribution in [2.45, 2.75) is 50.3 Å². The average Bonchev–Trinajstić information content (AvgIpc) is 2.78. The molecule has 4 nitrogen and oxygen atoms in total. The molecule has 1 aliphatic rings. The molecule has 0 radical (unpaired) electrons. The molecule has 1 aromatic rings. The highest BCUT2D eigenvalue weighted by atomic mass is 32.2. The van der Waals surface area contributed by atoms with Crippen LogP contribution in [0.2, 0.25) is 0 Å². The average molecular weight is 282 g/mol. The van der Waals surface area contributed by atoms with Gasteiger partial charge in [-0.05, 0) is 6.42 Å². The maximum Gasteiger partial charge on any atom is 0.0948 e. The van der Waals surface area contributed by atoms with Gasteiger partial charge in [0.1, 0.15) is 0 Å². The third-order valence-electron chi connectivity index (χ3n) is 3.66. The van der Waals surface area contributed by atoms with Crippen molar-refractivity contribution in [2.24, 2.45) is 5.73 Å². The normalized spacial score (nSPS) is 26.5. The Morgan fingerprint density at radius 2 is 2.11 bits per heavy atom. The number of hydrogen-bond donors (Lipinski definition) is 1. The lowest BCUT2D eigenvalue weighted by molar-refractivity contribution is 0.192. The summed E-state index contributed by atoms with van der Waals surface area (Å²) in [4.78, 5) is 6.85. The van der Waals surface area contributed by atoms with Crippen LogP contribution in [0.5, 0.6) is 0 Å². The monoisotopic (exact) mass is 282 g/mol. The van der Waals surface area contributed by atoms with E-state index in [9.17, 15) is 0 Å². The third-order valence-corrected chi connectivity index (χ3v) is 4.89. The maximum absolute atomic E-state index is 6.06. The van der Waals surface area contributed by atoms with Crippen LogP contribution in [-0.4, -0.2) is 44.6 Å². The summed E-state index contributed by atoms with van der Waals surface area (Å²) in [5, 5.41) is 1.36. The van der Waals surface area contributed by atoms with E-state index < -0.39 is 0 Å². The highest BCUT2D eigenvalue weighted by Crippen LogP contribution is 2.30. The fourth-order valence-corrected chi connectivity index (χ4v) is 4.31. The van der Waals surface area contributed by atoms with Crippen molar-refractivity contribution in [1.29, 1.82) is 0 Å². The lowest BCUT2D eigenvalue weighted by Gasteiger charge is -2.39. The van der Waals surface area contributed by atoms with Crippen LogP contribution >= 0.6 is 11.8 Å². The number of nitrogens with zero attached hydrogens (tertiary/aromatic N) is 3. The van der Waals surface area contributed by atoms with E-state index in [1.165, 1.54) is 5.69 Å². The van der Waals surface area contributed by atoms with Crippen LogP contribution < -0.4 is 5.73 Å². The van der Waals surface area contributed by atoms with Gasteiger partial charge in [0, 0.05) is 42.9 Å². The summed E-state index contributed by atoms with van der Waals surface area (Å²) in [5.41, 5.74) is 7.33. The molecule has 1 aromatic heterocycles. The molecule has 0 aliphatic carbocycles. The van der Waals surface area contributed by atoms with Gasteiger partial charge in [0.05, 0.1) is 18.1 Å². The van der Waals surface area contributed by atoms with E-state index in [4.69, 9.17) is 5.73 Å². The summed E-state index contributed by atoms with van der Waals surface area (Å²) in [6.45, 7) is 10.7. The number of aryl methyl sites for hydroxylation is 1. The quantitative estimate of drug-likeness (QED) is 0.898. The van der Waals surface area contributed by atoms with Gasteiger partial charge < -0.3 is 10.3 Å². The van der Waals surface area contributed by atoms with Crippen LogP contribution in [-0.2, 0) is 6.54 Å². The SMILES string of the molecule is CCCn1cncc1C(CN)N1CC(C)SC(C)C1. The zero-order valence-corrected chi connectivity index (χ0v) is 13.1. The van der Waals surface area contributed by atoms with Crippen LogP contribution in [0.1, 0.15) is 38.9 Å². The fraction of sp³-hybridized carbons (Fsp3) is 0.786. The van der Waals surface area contributed by atoms with E-state index in [2.05, 4.69) is 47.0 Å². The Morgan fingerprint density at radius 3 is 2.68 bits per heavy atom. The van der Waals surface area contributed by atoms with Gasteiger partial charge in [0.2, 0.25) is 0 Å². The smallest absolute Gasteiger partial charge is 0.0948 e. The van der Waals surface area contributed by atoms with Gasteiger partial charge in [-0.2, -0.15) is 11.8 Å². The molecule has 1 saturated heterocycles. The summed E-state index contributed by atoms with van der Waals surface area (Å²) in [7, 11) is 0. The molecule has 19 heavy (non-hydrogen) atoms. The highest BCUT2D eigenvalue weighted by molar-refractivity contribution is 8.00. The van der Waals surface area contributed by atoms with Crippen LogP contribution in [0.25, 0.3) is 0 Å². The minimum Gasteiger partial charge on any atom is -0.333 e. The predicted octanol–water partition coefficient (Wildman–Crippen LogP) is 2.12. The van der Waals surface area contributed by atoms with Gasteiger partial charge >= 0.3 is 0 Å². The Hall–Kier alpha value is -0.520. The van der Waals surface area contributed by atoms with E-state index in [0.717, 1.165) is 26.1 Å². The lowest BCUT2D eigenvalue weighted by Crippen LogP contribution is -2.45. The fourth-order valence-electron chi connectivity index (χ4n) is 2.97. The Labute approximate surface area is 120 Å². The van der Waals surface area contributed by atoms with Crippen LogP contribution in [0.3, 0.4) is 0 Å². The van der Waals surface area contributed by atoms with Gasteiger partial charge in [-0.3, -0.25) is 4.90 Å². The molecule has 3 unspecified atom stereocenters. The van der Waals surface area contributed by atoms with Gasteiger partial charge in [0.25, 0.3) is 0 Å². The van der Waals surface area contributed by atoms with E-state index >= 15 is 0 Å². The molecule has 3 atom stereocenters. The highest BCUT2D eigenvalue weighted by Gasteiger charge is 2.29. The van der Waals surface area contributed by atoms with Gasteiger partial charge in [-0.1, -0.05) is 20.8 Å². The molecule has 0 amide bonds. The van der Waals surface area contributed by atoms with Gasteiger partial charge in [0.15, 0.2) is 0 Å². The van der Waals surface area contributed by atoms with E-state index in [1.807, 2.05) is 12.5 Å². The zero-order valence-electron chi connectivity index (χ0n) is 12.2. The molecular formula is C14H26N4S. The van der Waals surface area contributed by atoms with Crippen LogP contribution in [0.4, 0.5) is 0 Å². The second kappa shape index (κ2) is 6.77. The number of rotatable bonds is 5. The molecule has 0 aromatic carbocycles. The molecular weight excluding hydrogens is 256 g/mol. The minimum absolute atomic E-state index is 0.305. The summed E-state index contributed by atoms with van der Waals surface area (Å²) < 4.78 is 2.26. The van der Waals surface area contributed by atoms with Gasteiger partial charge in [-0.15, -0.1) is 0 Å². The lowest BCUT2D eigenvalue weighted by atomic mass is 10.1. The Balaban J connectivity index is 2.16. The number of thioether (sulfide) groups is 1. The summed E-state index contributed by atoms with van der Waals surface area (Å²) in [6.07, 6.45) is 5.06. The molecule has 2 N–H and O–H groups in total. The summed E-state index contributed by atoms with van der Waals surface area (Å²) >= 11 is 2.08. The predicted molar refractivity (Wildman–Crippen MR) is 82.4 cm³/mol. The molecule has 2 heterocycles. The topological polar surface area (TPSA) is 47.1 Å². The van der Waals surface area contributed by atoms with Crippen LogP contribution in [0, 0.1) is 0 Å². The number of aromatic nitrogens is 2. The minimum atomic E-state index is 0.305.